The highest BCUT2D eigenvalue weighted by Crippen LogP contribution is 2.33. The Morgan fingerprint density at radius 2 is 0.885 bits per heavy atom. The van der Waals surface area contributed by atoms with Crippen molar-refractivity contribution in [3.8, 4) is 0 Å². The topological polar surface area (TPSA) is 307 Å². The molecule has 0 bridgehead atoms. The normalized spacial score (nSPS) is 30.7. The zero-order valence-corrected chi connectivity index (χ0v) is 47.4. The number of amides is 1. The molecule has 19 nitrogen and oxygen atoms in total. The largest absolute Gasteiger partial charge is 0.394 e. The van der Waals surface area contributed by atoms with Gasteiger partial charge in [0.25, 0.3) is 0 Å². The number of hydrogen-bond donors (Lipinski definition) is 12. The summed E-state index contributed by atoms with van der Waals surface area (Å²) in [6.07, 6.45) is 18.1. The van der Waals surface area contributed by atoms with Gasteiger partial charge in [-0.3, -0.25) is 4.79 Å². The summed E-state index contributed by atoms with van der Waals surface area (Å²) in [5.74, 6) is -0.272. The molecule has 3 fully saturated rings. The quantitative estimate of drug-likeness (QED) is 0.0271. The smallest absolute Gasteiger partial charge is 0.220 e. The second-order valence-corrected chi connectivity index (χ2v) is 21.8. The molecule has 3 aliphatic rings. The number of allylic oxidation sites excluding steroid dienone is 6. The van der Waals surface area contributed by atoms with E-state index in [1.807, 2.05) is 0 Å². The molecule has 17 unspecified atom stereocenters. The Morgan fingerprint density at radius 3 is 1.37 bits per heavy atom. The molecule has 456 valence electrons. The van der Waals surface area contributed by atoms with E-state index in [0.717, 1.165) is 64.2 Å². The summed E-state index contributed by atoms with van der Waals surface area (Å²) in [6.45, 7) is 1.65. The van der Waals surface area contributed by atoms with Crippen molar-refractivity contribution in [3.63, 3.8) is 0 Å². The predicted octanol–water partition coefficient (Wildman–Crippen LogP) is 5.32. The fourth-order valence-electron chi connectivity index (χ4n) is 10.3. The predicted molar refractivity (Wildman–Crippen MR) is 296 cm³/mol. The van der Waals surface area contributed by atoms with E-state index < -0.39 is 124 Å². The molecule has 0 aliphatic carbocycles. The number of carbonyl (C=O) groups excluding carboxylic acids is 1. The molecule has 3 rings (SSSR count). The van der Waals surface area contributed by atoms with E-state index in [2.05, 4.69) is 55.6 Å². The van der Waals surface area contributed by atoms with E-state index in [4.69, 9.17) is 28.4 Å². The zero-order chi connectivity index (χ0) is 56.9. The second kappa shape index (κ2) is 42.8. The van der Waals surface area contributed by atoms with Crippen molar-refractivity contribution < 1.29 is 89.4 Å². The Hall–Kier alpha value is -1.99. The summed E-state index contributed by atoms with van der Waals surface area (Å²) >= 11 is 0. The summed E-state index contributed by atoms with van der Waals surface area (Å²) in [6, 6.07) is -0.901. The van der Waals surface area contributed by atoms with Gasteiger partial charge in [-0.1, -0.05) is 185 Å². The molecule has 3 heterocycles. The second-order valence-electron chi connectivity index (χ2n) is 21.8. The Bertz CT molecular complexity index is 1570. The molecule has 0 saturated carbocycles. The first kappa shape index (κ1) is 70.3. The minimum Gasteiger partial charge on any atom is -0.394 e. The van der Waals surface area contributed by atoms with Gasteiger partial charge < -0.3 is 89.9 Å². The van der Waals surface area contributed by atoms with Crippen LogP contribution < -0.4 is 5.32 Å². The van der Waals surface area contributed by atoms with Crippen LogP contribution >= 0.6 is 0 Å². The Balaban J connectivity index is 1.49. The van der Waals surface area contributed by atoms with Crippen LogP contribution in [0.4, 0.5) is 0 Å². The molecule has 12 N–H and O–H groups in total. The first-order chi connectivity index (χ1) is 37.8. The van der Waals surface area contributed by atoms with Crippen LogP contribution in [-0.4, -0.2) is 193 Å². The van der Waals surface area contributed by atoms with Gasteiger partial charge in [0.15, 0.2) is 18.9 Å². The number of carbonyl (C=O) groups is 1. The molecule has 1 amide bonds. The van der Waals surface area contributed by atoms with Gasteiger partial charge in [-0.05, 0) is 44.9 Å². The Kier molecular flexibility index (Phi) is 38.5. The van der Waals surface area contributed by atoms with Gasteiger partial charge >= 0.3 is 0 Å². The first-order valence-electron chi connectivity index (χ1n) is 30.2. The first-order valence-corrected chi connectivity index (χ1v) is 30.2. The molecular formula is C59H107NO18. The van der Waals surface area contributed by atoms with Gasteiger partial charge in [0.1, 0.15) is 73.2 Å². The maximum atomic E-state index is 13.3. The SMILES string of the molecule is CC/C=C\C/C=C\C/C=C\CCCCCC(=O)NC(COC1OC(CO)C(OC2OC(CO)C(OC3OC(CO)C(O)C(O)C3O)C(O)C2O)C(O)C1O)C(O)CCCCCCCCCCCCCCCCCCCCCC. The van der Waals surface area contributed by atoms with Crippen molar-refractivity contribution >= 4 is 5.91 Å². The third-order valence-electron chi connectivity index (χ3n) is 15.2. The van der Waals surface area contributed by atoms with E-state index in [9.17, 15) is 61.0 Å². The molecular weight excluding hydrogens is 1010 g/mol. The molecule has 3 aliphatic heterocycles. The lowest BCUT2D eigenvalue weighted by Gasteiger charge is -2.48. The molecule has 3 saturated heterocycles. The summed E-state index contributed by atoms with van der Waals surface area (Å²) in [4.78, 5) is 13.3. The molecule has 0 spiro atoms. The third kappa shape index (κ3) is 26.5. The van der Waals surface area contributed by atoms with Gasteiger partial charge in [0.05, 0.1) is 38.6 Å². The van der Waals surface area contributed by atoms with E-state index in [1.54, 1.807) is 0 Å². The van der Waals surface area contributed by atoms with Crippen LogP contribution in [0.15, 0.2) is 36.5 Å². The van der Waals surface area contributed by atoms with E-state index in [-0.39, 0.29) is 18.9 Å². The van der Waals surface area contributed by atoms with Gasteiger partial charge in [-0.25, -0.2) is 0 Å². The maximum Gasteiger partial charge on any atom is 0.220 e. The minimum atomic E-state index is -1.97. The summed E-state index contributed by atoms with van der Waals surface area (Å²) in [7, 11) is 0. The van der Waals surface area contributed by atoms with Crippen LogP contribution in [0.5, 0.6) is 0 Å². The molecule has 78 heavy (non-hydrogen) atoms. The lowest BCUT2D eigenvalue weighted by Crippen LogP contribution is -2.66. The molecule has 0 aromatic heterocycles. The van der Waals surface area contributed by atoms with Crippen LogP contribution in [-0.2, 0) is 33.2 Å². The average Bonchev–Trinajstić information content (AvgIpc) is 3.43. The number of aliphatic hydroxyl groups excluding tert-OH is 11. The number of rotatable bonds is 44. The van der Waals surface area contributed by atoms with Crippen molar-refractivity contribution in [3.05, 3.63) is 36.5 Å². The van der Waals surface area contributed by atoms with Gasteiger partial charge in [-0.2, -0.15) is 0 Å². The van der Waals surface area contributed by atoms with E-state index >= 15 is 0 Å². The average molecular weight is 1120 g/mol. The number of ether oxygens (including phenoxy) is 6. The lowest BCUT2D eigenvalue weighted by molar-refractivity contribution is -0.379. The fourth-order valence-corrected chi connectivity index (χ4v) is 10.3. The van der Waals surface area contributed by atoms with Crippen LogP contribution in [0.3, 0.4) is 0 Å². The maximum absolute atomic E-state index is 13.3. The molecule has 17 atom stereocenters. The number of hydrogen-bond acceptors (Lipinski definition) is 18. The summed E-state index contributed by atoms with van der Waals surface area (Å²) in [5.41, 5.74) is 0. The molecule has 19 heteroatoms. The van der Waals surface area contributed by atoms with Crippen molar-refractivity contribution in [2.45, 2.75) is 304 Å². The van der Waals surface area contributed by atoms with E-state index in [1.165, 1.54) is 103 Å². The lowest BCUT2D eigenvalue weighted by atomic mass is 9.96. The fraction of sp³-hybridized carbons (Fsp3) is 0.881. The van der Waals surface area contributed by atoms with Crippen LogP contribution in [0.25, 0.3) is 0 Å². The van der Waals surface area contributed by atoms with Gasteiger partial charge in [-0.15, -0.1) is 0 Å². The Labute approximate surface area is 466 Å². The number of aliphatic hydroxyl groups is 11. The molecule has 0 aromatic rings. The van der Waals surface area contributed by atoms with E-state index in [0.29, 0.717) is 12.8 Å². The molecule has 0 radical (unpaired) electrons. The highest BCUT2D eigenvalue weighted by atomic mass is 16.8. The standard InChI is InChI=1S/C59H107NO18/c1-3-5-7-9-11-13-15-17-18-19-20-21-22-23-25-26-28-30-32-34-36-43(64)42(60-47(65)37-35-33-31-29-27-24-16-14-12-10-8-6-4-2)41-73-57-53(71)50(68)55(45(39-62)75-57)78-59-54(72)51(69)56(46(40-63)76-59)77-58-52(70)49(67)48(66)44(38-61)74-58/h6,8,12,14,24,27,42-46,48-59,61-64,66-72H,3-5,7,9-11,13,15-23,25-26,28-41H2,1-2H3,(H,60,65)/b8-6-,14-12-,27-24-. The van der Waals surface area contributed by atoms with Gasteiger partial charge in [0, 0.05) is 6.42 Å². The monoisotopic (exact) mass is 1120 g/mol. The summed E-state index contributed by atoms with van der Waals surface area (Å²) in [5, 5.41) is 120. The highest BCUT2D eigenvalue weighted by Gasteiger charge is 2.53. The van der Waals surface area contributed by atoms with Crippen LogP contribution in [0.1, 0.15) is 200 Å². The number of nitrogens with one attached hydrogen (secondary N) is 1. The van der Waals surface area contributed by atoms with Crippen LogP contribution in [0, 0.1) is 0 Å². The van der Waals surface area contributed by atoms with Crippen molar-refractivity contribution in [1.82, 2.24) is 5.32 Å². The zero-order valence-electron chi connectivity index (χ0n) is 47.4. The molecule has 0 aromatic carbocycles. The Morgan fingerprint density at radius 1 is 0.474 bits per heavy atom. The highest BCUT2D eigenvalue weighted by molar-refractivity contribution is 5.76. The minimum absolute atomic E-state index is 0.231. The van der Waals surface area contributed by atoms with Crippen LogP contribution in [0.2, 0.25) is 0 Å². The van der Waals surface area contributed by atoms with Crippen molar-refractivity contribution in [2.24, 2.45) is 0 Å². The summed E-state index contributed by atoms with van der Waals surface area (Å²) < 4.78 is 34.3. The van der Waals surface area contributed by atoms with Crippen molar-refractivity contribution in [1.29, 1.82) is 0 Å². The van der Waals surface area contributed by atoms with Gasteiger partial charge in [0.2, 0.25) is 5.91 Å². The van der Waals surface area contributed by atoms with Crippen molar-refractivity contribution in [2.75, 3.05) is 26.4 Å². The number of unbranched alkanes of at least 4 members (excludes halogenated alkanes) is 22. The third-order valence-corrected chi connectivity index (χ3v) is 15.2.